The van der Waals surface area contributed by atoms with Gasteiger partial charge in [-0.25, -0.2) is 4.39 Å². The molecule has 4 nitrogen and oxygen atoms in total. The summed E-state index contributed by atoms with van der Waals surface area (Å²) in [4.78, 5) is 16.4. The number of pyridine rings is 1. The Morgan fingerprint density at radius 1 is 1.08 bits per heavy atom. The van der Waals surface area contributed by atoms with Crippen LogP contribution < -0.4 is 14.9 Å². The number of hydrogen-bond acceptors (Lipinski definition) is 3. The van der Waals surface area contributed by atoms with Crippen LogP contribution in [0.15, 0.2) is 41.2 Å². The molecule has 0 spiro atoms. The summed E-state index contributed by atoms with van der Waals surface area (Å²) in [5, 5.41) is 0.0293. The first-order valence-corrected chi connectivity index (χ1v) is 8.75. The van der Waals surface area contributed by atoms with Gasteiger partial charge in [0, 0.05) is 11.3 Å². The zero-order valence-corrected chi connectivity index (χ0v) is 15.2. The average molecular weight is 355 g/mol. The summed E-state index contributed by atoms with van der Waals surface area (Å²) in [6, 6.07) is 10.0. The Hall–Kier alpha value is -2.82. The third kappa shape index (κ3) is 3.17. The van der Waals surface area contributed by atoms with Crippen LogP contribution in [0, 0.1) is 5.82 Å². The van der Waals surface area contributed by atoms with Crippen LogP contribution in [0.4, 0.5) is 4.39 Å². The maximum Gasteiger partial charge on any atom is 0.200 e. The van der Waals surface area contributed by atoms with E-state index < -0.39 is 5.82 Å². The maximum atomic E-state index is 14.5. The Morgan fingerprint density at radius 3 is 2.42 bits per heavy atom. The summed E-state index contributed by atoms with van der Waals surface area (Å²) in [5.41, 5.74) is 2.04. The summed E-state index contributed by atoms with van der Waals surface area (Å²) in [5.74, 6) is 0.643. The van der Waals surface area contributed by atoms with Crippen molar-refractivity contribution in [1.29, 1.82) is 0 Å². The molecule has 0 saturated heterocycles. The van der Waals surface area contributed by atoms with Crippen molar-refractivity contribution in [2.24, 2.45) is 0 Å². The van der Waals surface area contributed by atoms with E-state index in [1.165, 1.54) is 6.07 Å². The molecule has 26 heavy (non-hydrogen) atoms. The SMILES string of the molecule is CCCOc1ccc(F)c2c(=O)c(-c3ccc(OC)cc3)c(CC)[nH]c12. The zero-order valence-electron chi connectivity index (χ0n) is 15.2. The highest BCUT2D eigenvalue weighted by Gasteiger charge is 2.18. The van der Waals surface area contributed by atoms with E-state index in [-0.39, 0.29) is 10.8 Å². The second-order valence-electron chi connectivity index (χ2n) is 6.03. The molecule has 0 radical (unpaired) electrons. The summed E-state index contributed by atoms with van der Waals surface area (Å²) in [7, 11) is 1.59. The van der Waals surface area contributed by atoms with E-state index in [1.54, 1.807) is 25.3 Å². The molecule has 136 valence electrons. The number of benzene rings is 2. The summed E-state index contributed by atoms with van der Waals surface area (Å²) in [6.45, 7) is 4.45. The van der Waals surface area contributed by atoms with Gasteiger partial charge in [0.2, 0.25) is 5.43 Å². The van der Waals surface area contributed by atoms with Gasteiger partial charge in [-0.05, 0) is 42.7 Å². The van der Waals surface area contributed by atoms with Crippen LogP contribution >= 0.6 is 0 Å². The standard InChI is InChI=1S/C21H22FNO3/c1-4-12-26-17-11-10-15(22)19-20(17)23-16(5-2)18(21(19)24)13-6-8-14(25-3)9-7-13/h6-11H,4-5,12H2,1-3H3,(H,23,24). The molecule has 0 aliphatic rings. The second-order valence-corrected chi connectivity index (χ2v) is 6.03. The second kappa shape index (κ2) is 7.60. The highest BCUT2D eigenvalue weighted by atomic mass is 19.1. The van der Waals surface area contributed by atoms with Crippen LogP contribution in [-0.2, 0) is 6.42 Å². The van der Waals surface area contributed by atoms with E-state index in [2.05, 4.69) is 4.98 Å². The fourth-order valence-corrected chi connectivity index (χ4v) is 3.04. The van der Waals surface area contributed by atoms with Gasteiger partial charge >= 0.3 is 0 Å². The van der Waals surface area contributed by atoms with E-state index in [9.17, 15) is 9.18 Å². The zero-order chi connectivity index (χ0) is 18.7. The fraction of sp³-hybridized carbons (Fsp3) is 0.286. The van der Waals surface area contributed by atoms with Gasteiger partial charge in [0.25, 0.3) is 0 Å². The minimum Gasteiger partial charge on any atom is -0.497 e. The molecule has 3 rings (SSSR count). The van der Waals surface area contributed by atoms with Crippen LogP contribution in [-0.4, -0.2) is 18.7 Å². The molecule has 1 heterocycles. The first kappa shape index (κ1) is 18.0. The van der Waals surface area contributed by atoms with Gasteiger partial charge in [-0.1, -0.05) is 26.0 Å². The van der Waals surface area contributed by atoms with Crippen LogP contribution in [0.3, 0.4) is 0 Å². The molecule has 0 aliphatic heterocycles. The number of methoxy groups -OCH3 is 1. The molecule has 0 aliphatic carbocycles. The number of aromatic nitrogens is 1. The molecular weight excluding hydrogens is 333 g/mol. The van der Waals surface area contributed by atoms with Crippen molar-refractivity contribution in [3.05, 3.63) is 58.1 Å². The molecule has 1 aromatic heterocycles. The van der Waals surface area contributed by atoms with Crippen molar-refractivity contribution >= 4 is 10.9 Å². The monoisotopic (exact) mass is 355 g/mol. The molecular formula is C21H22FNO3. The molecule has 3 aromatic rings. The van der Waals surface area contributed by atoms with Crippen LogP contribution in [0.1, 0.15) is 26.0 Å². The Bertz CT molecular complexity index is 977. The van der Waals surface area contributed by atoms with E-state index >= 15 is 0 Å². The molecule has 0 bridgehead atoms. The lowest BCUT2D eigenvalue weighted by Crippen LogP contribution is -2.13. The normalized spacial score (nSPS) is 10.9. The number of aryl methyl sites for hydroxylation is 1. The number of nitrogens with one attached hydrogen (secondary N) is 1. The number of H-pyrrole nitrogens is 1. The molecule has 2 aromatic carbocycles. The largest absolute Gasteiger partial charge is 0.497 e. The van der Waals surface area contributed by atoms with Gasteiger partial charge in [-0.15, -0.1) is 0 Å². The first-order valence-electron chi connectivity index (χ1n) is 8.75. The lowest BCUT2D eigenvalue weighted by molar-refractivity contribution is 0.320. The molecule has 0 amide bonds. The Kier molecular flexibility index (Phi) is 5.26. The summed E-state index contributed by atoms with van der Waals surface area (Å²) < 4.78 is 25.4. The number of ether oxygens (including phenoxy) is 2. The third-order valence-electron chi connectivity index (χ3n) is 4.34. The number of hydrogen-bond donors (Lipinski definition) is 1. The highest BCUT2D eigenvalue weighted by Crippen LogP contribution is 2.30. The molecule has 0 saturated carbocycles. The van der Waals surface area contributed by atoms with Gasteiger partial charge in [-0.2, -0.15) is 0 Å². The predicted molar refractivity (Wildman–Crippen MR) is 102 cm³/mol. The Labute approximate surface area is 151 Å². The Balaban J connectivity index is 2.28. The van der Waals surface area contributed by atoms with Gasteiger partial charge < -0.3 is 14.5 Å². The Morgan fingerprint density at radius 2 is 1.81 bits per heavy atom. The van der Waals surface area contributed by atoms with Gasteiger partial charge in [0.1, 0.15) is 17.3 Å². The predicted octanol–water partition coefficient (Wildman–Crippen LogP) is 4.69. The van der Waals surface area contributed by atoms with E-state index in [4.69, 9.17) is 9.47 Å². The molecule has 1 N–H and O–H groups in total. The van der Waals surface area contributed by atoms with E-state index in [0.717, 1.165) is 17.7 Å². The van der Waals surface area contributed by atoms with Crippen molar-refractivity contribution < 1.29 is 13.9 Å². The van der Waals surface area contributed by atoms with Crippen molar-refractivity contribution in [2.75, 3.05) is 13.7 Å². The average Bonchev–Trinajstić information content (AvgIpc) is 2.67. The van der Waals surface area contributed by atoms with Gasteiger partial charge in [0.05, 0.1) is 24.6 Å². The highest BCUT2D eigenvalue weighted by molar-refractivity contribution is 5.89. The van der Waals surface area contributed by atoms with Crippen LogP contribution in [0.2, 0.25) is 0 Å². The molecule has 0 unspecified atom stereocenters. The number of aromatic amines is 1. The van der Waals surface area contributed by atoms with Gasteiger partial charge in [-0.3, -0.25) is 4.79 Å². The smallest absolute Gasteiger partial charge is 0.200 e. The molecule has 5 heteroatoms. The van der Waals surface area contributed by atoms with Crippen molar-refractivity contribution in [1.82, 2.24) is 4.98 Å². The maximum absolute atomic E-state index is 14.5. The molecule has 0 atom stereocenters. The minimum atomic E-state index is -0.553. The molecule has 0 fully saturated rings. The number of halogens is 1. The summed E-state index contributed by atoms with van der Waals surface area (Å²) >= 11 is 0. The van der Waals surface area contributed by atoms with Crippen LogP contribution in [0.5, 0.6) is 11.5 Å². The van der Waals surface area contributed by atoms with E-state index in [1.807, 2.05) is 26.0 Å². The topological polar surface area (TPSA) is 51.3 Å². The van der Waals surface area contributed by atoms with Crippen LogP contribution in [0.25, 0.3) is 22.0 Å². The minimum absolute atomic E-state index is 0.0293. The summed E-state index contributed by atoms with van der Waals surface area (Å²) in [6.07, 6.45) is 1.43. The van der Waals surface area contributed by atoms with Crippen molar-refractivity contribution in [2.45, 2.75) is 26.7 Å². The van der Waals surface area contributed by atoms with Crippen molar-refractivity contribution in [3.8, 4) is 22.6 Å². The third-order valence-corrected chi connectivity index (χ3v) is 4.34. The van der Waals surface area contributed by atoms with Crippen molar-refractivity contribution in [3.63, 3.8) is 0 Å². The quantitative estimate of drug-likeness (QED) is 0.698. The lowest BCUT2D eigenvalue weighted by Gasteiger charge is -2.14. The van der Waals surface area contributed by atoms with Gasteiger partial charge in [0.15, 0.2) is 0 Å². The number of fused-ring (bicyclic) bond motifs is 1. The first-order chi connectivity index (χ1) is 12.6. The fourth-order valence-electron chi connectivity index (χ4n) is 3.04. The van der Waals surface area contributed by atoms with E-state index in [0.29, 0.717) is 35.6 Å². The number of rotatable bonds is 6. The lowest BCUT2D eigenvalue weighted by atomic mass is 9.99.